The summed E-state index contributed by atoms with van der Waals surface area (Å²) in [4.78, 5) is 1.40. The molecule has 21 heavy (non-hydrogen) atoms. The van der Waals surface area contributed by atoms with Gasteiger partial charge in [0.05, 0.1) is 6.61 Å². The van der Waals surface area contributed by atoms with Crippen molar-refractivity contribution in [3.05, 3.63) is 46.2 Å². The lowest BCUT2D eigenvalue weighted by molar-refractivity contribution is 0.307. The first-order chi connectivity index (χ1) is 10.3. The van der Waals surface area contributed by atoms with Crippen molar-refractivity contribution in [2.45, 2.75) is 26.8 Å². The number of aryl methyl sites for hydroxylation is 1. The van der Waals surface area contributed by atoms with Gasteiger partial charge in [-0.2, -0.15) is 0 Å². The molecule has 0 fully saturated rings. The highest BCUT2D eigenvalue weighted by atomic mass is 32.1. The Kier molecular flexibility index (Phi) is 6.57. The summed E-state index contributed by atoms with van der Waals surface area (Å²) in [5, 5.41) is 5.53. The molecule has 0 aliphatic carbocycles. The van der Waals surface area contributed by atoms with E-state index in [9.17, 15) is 0 Å². The second kappa shape index (κ2) is 8.70. The Morgan fingerprint density at radius 3 is 2.24 bits per heavy atom. The predicted octanol–water partition coefficient (Wildman–Crippen LogP) is 4.01. The highest BCUT2D eigenvalue weighted by Gasteiger charge is 1.99. The van der Waals surface area contributed by atoms with Crippen LogP contribution in [0.25, 0.3) is 0 Å². The van der Waals surface area contributed by atoms with E-state index in [1.54, 1.807) is 11.3 Å². The lowest BCUT2D eigenvalue weighted by atomic mass is 10.3. The number of rotatable bonds is 9. The maximum absolute atomic E-state index is 5.70. The van der Waals surface area contributed by atoms with Gasteiger partial charge in [0, 0.05) is 18.0 Å². The Balaban J connectivity index is 1.63. The predicted molar refractivity (Wildman–Crippen MR) is 88.5 cm³/mol. The van der Waals surface area contributed by atoms with Crippen LogP contribution in [0.2, 0.25) is 0 Å². The normalized spacial score (nSPS) is 10.6. The second-order valence-corrected chi connectivity index (χ2v) is 5.87. The van der Waals surface area contributed by atoms with Crippen molar-refractivity contribution in [3.63, 3.8) is 0 Å². The number of hydrogen-bond acceptors (Lipinski definition) is 4. The fourth-order valence-corrected chi connectivity index (χ4v) is 2.76. The highest BCUT2D eigenvalue weighted by Crippen LogP contribution is 2.17. The van der Waals surface area contributed by atoms with Crippen LogP contribution in [0.3, 0.4) is 0 Å². The quantitative estimate of drug-likeness (QED) is 0.710. The van der Waals surface area contributed by atoms with Crippen LogP contribution in [0.15, 0.2) is 35.7 Å². The molecule has 0 aliphatic rings. The zero-order chi connectivity index (χ0) is 14.9. The molecule has 1 aromatic heterocycles. The summed E-state index contributed by atoms with van der Waals surface area (Å²) in [6.45, 7) is 7.42. The van der Waals surface area contributed by atoms with E-state index in [-0.39, 0.29) is 0 Å². The number of benzene rings is 1. The maximum atomic E-state index is 5.70. The van der Waals surface area contributed by atoms with E-state index in [4.69, 9.17) is 9.47 Å². The molecule has 0 radical (unpaired) electrons. The molecular weight excluding hydrogens is 282 g/mol. The van der Waals surface area contributed by atoms with Gasteiger partial charge in [-0.25, -0.2) is 0 Å². The molecular formula is C17H23NO2S. The molecule has 3 nitrogen and oxygen atoms in total. The van der Waals surface area contributed by atoms with Gasteiger partial charge in [-0.05, 0) is 54.6 Å². The summed E-state index contributed by atoms with van der Waals surface area (Å²) in [5.74, 6) is 1.78. The molecule has 1 N–H and O–H groups in total. The summed E-state index contributed by atoms with van der Waals surface area (Å²) >= 11 is 1.79. The molecule has 1 aromatic carbocycles. The summed E-state index contributed by atoms with van der Waals surface area (Å²) in [5.41, 5.74) is 1.36. The van der Waals surface area contributed by atoms with Crippen molar-refractivity contribution in [1.29, 1.82) is 0 Å². The van der Waals surface area contributed by atoms with E-state index in [1.165, 1.54) is 10.4 Å². The summed E-state index contributed by atoms with van der Waals surface area (Å²) < 4.78 is 11.2. The molecule has 2 rings (SSSR count). The van der Waals surface area contributed by atoms with Crippen molar-refractivity contribution in [2.24, 2.45) is 0 Å². The number of thiophene rings is 1. The van der Waals surface area contributed by atoms with Crippen molar-refractivity contribution >= 4 is 11.3 Å². The molecule has 2 aromatic rings. The number of nitrogens with one attached hydrogen (secondary N) is 1. The van der Waals surface area contributed by atoms with Crippen molar-refractivity contribution < 1.29 is 9.47 Å². The van der Waals surface area contributed by atoms with Crippen LogP contribution in [0.5, 0.6) is 11.5 Å². The monoisotopic (exact) mass is 305 g/mol. The Bertz CT molecular complexity index is 522. The van der Waals surface area contributed by atoms with E-state index in [0.717, 1.165) is 37.6 Å². The molecule has 0 saturated heterocycles. The molecule has 4 heteroatoms. The van der Waals surface area contributed by atoms with E-state index in [2.05, 4.69) is 30.6 Å². The third-order valence-corrected chi connectivity index (χ3v) is 4.12. The van der Waals surface area contributed by atoms with Gasteiger partial charge in [0.25, 0.3) is 0 Å². The van der Waals surface area contributed by atoms with Gasteiger partial charge in [-0.3, -0.25) is 0 Å². The number of ether oxygens (including phenoxy) is 2. The van der Waals surface area contributed by atoms with Crippen LogP contribution in [0, 0.1) is 6.92 Å². The average molecular weight is 305 g/mol. The maximum Gasteiger partial charge on any atom is 0.119 e. The van der Waals surface area contributed by atoms with Crippen molar-refractivity contribution in [2.75, 3.05) is 19.8 Å². The zero-order valence-corrected chi connectivity index (χ0v) is 13.5. The molecule has 0 bridgehead atoms. The molecule has 0 spiro atoms. The minimum atomic E-state index is 0.666. The number of hydrogen-bond donors (Lipinski definition) is 1. The topological polar surface area (TPSA) is 30.5 Å². The first kappa shape index (κ1) is 15.9. The van der Waals surface area contributed by atoms with Crippen LogP contribution < -0.4 is 14.8 Å². The fraction of sp³-hybridized carbons (Fsp3) is 0.412. The van der Waals surface area contributed by atoms with Gasteiger partial charge >= 0.3 is 0 Å². The minimum Gasteiger partial charge on any atom is -0.494 e. The van der Waals surface area contributed by atoms with E-state index >= 15 is 0 Å². The SMILES string of the molecule is CCCOc1ccc(OCCNCc2sccc2C)cc1. The molecule has 1 heterocycles. The van der Waals surface area contributed by atoms with E-state index < -0.39 is 0 Å². The van der Waals surface area contributed by atoms with Crippen LogP contribution in [-0.4, -0.2) is 19.8 Å². The molecule has 0 atom stereocenters. The Hall–Kier alpha value is -1.52. The average Bonchev–Trinajstić information content (AvgIpc) is 2.91. The molecule has 0 unspecified atom stereocenters. The Morgan fingerprint density at radius 2 is 1.67 bits per heavy atom. The highest BCUT2D eigenvalue weighted by molar-refractivity contribution is 7.10. The Morgan fingerprint density at radius 1 is 1.00 bits per heavy atom. The van der Waals surface area contributed by atoms with Crippen LogP contribution in [0.1, 0.15) is 23.8 Å². The smallest absolute Gasteiger partial charge is 0.119 e. The molecule has 114 valence electrons. The lowest BCUT2D eigenvalue weighted by Crippen LogP contribution is -2.20. The molecule has 0 amide bonds. The van der Waals surface area contributed by atoms with Gasteiger partial charge in [0.1, 0.15) is 18.1 Å². The van der Waals surface area contributed by atoms with E-state index in [1.807, 2.05) is 24.3 Å². The van der Waals surface area contributed by atoms with Gasteiger partial charge in [-0.15, -0.1) is 11.3 Å². The third-order valence-electron chi connectivity index (χ3n) is 3.10. The third kappa shape index (κ3) is 5.40. The summed E-state index contributed by atoms with van der Waals surface area (Å²) in [6, 6.07) is 9.96. The largest absolute Gasteiger partial charge is 0.494 e. The first-order valence-electron chi connectivity index (χ1n) is 7.39. The van der Waals surface area contributed by atoms with E-state index in [0.29, 0.717) is 6.61 Å². The summed E-state index contributed by atoms with van der Waals surface area (Å²) in [6.07, 6.45) is 1.02. The van der Waals surface area contributed by atoms with Crippen LogP contribution in [0.4, 0.5) is 0 Å². The fourth-order valence-electron chi connectivity index (χ4n) is 1.88. The van der Waals surface area contributed by atoms with Crippen molar-refractivity contribution in [3.8, 4) is 11.5 Å². The molecule has 0 aliphatic heterocycles. The van der Waals surface area contributed by atoms with Gasteiger partial charge < -0.3 is 14.8 Å². The standard InChI is InChI=1S/C17H23NO2S/c1-3-10-19-15-4-6-16(7-5-15)20-11-9-18-13-17-14(2)8-12-21-17/h4-8,12,18H,3,9-11,13H2,1-2H3. The Labute approximate surface area is 130 Å². The van der Waals surface area contributed by atoms with Gasteiger partial charge in [-0.1, -0.05) is 6.92 Å². The molecule has 0 saturated carbocycles. The first-order valence-corrected chi connectivity index (χ1v) is 8.27. The summed E-state index contributed by atoms with van der Waals surface area (Å²) in [7, 11) is 0. The van der Waals surface area contributed by atoms with Crippen LogP contribution >= 0.6 is 11.3 Å². The minimum absolute atomic E-state index is 0.666. The van der Waals surface area contributed by atoms with Gasteiger partial charge in [0.15, 0.2) is 0 Å². The second-order valence-electron chi connectivity index (χ2n) is 4.87. The lowest BCUT2D eigenvalue weighted by Gasteiger charge is -2.09. The van der Waals surface area contributed by atoms with Crippen molar-refractivity contribution in [1.82, 2.24) is 5.32 Å². The van der Waals surface area contributed by atoms with Crippen LogP contribution in [-0.2, 0) is 6.54 Å². The van der Waals surface area contributed by atoms with Gasteiger partial charge in [0.2, 0.25) is 0 Å². The zero-order valence-electron chi connectivity index (χ0n) is 12.7.